The third-order valence-corrected chi connectivity index (χ3v) is 3.40. The summed E-state index contributed by atoms with van der Waals surface area (Å²) in [4.78, 5) is 12.1. The average molecular weight is 387 g/mol. The summed E-state index contributed by atoms with van der Waals surface area (Å²) in [6, 6.07) is 6.89. The summed E-state index contributed by atoms with van der Waals surface area (Å²) in [5.74, 6) is 0.771. The fourth-order valence-corrected chi connectivity index (χ4v) is 2.43. The number of ether oxygens (including phenoxy) is 1. The van der Waals surface area contributed by atoms with Crippen LogP contribution in [-0.2, 0) is 0 Å². The molecule has 0 radical (unpaired) electrons. The van der Waals surface area contributed by atoms with Crippen molar-refractivity contribution in [2.24, 2.45) is 0 Å². The van der Waals surface area contributed by atoms with Gasteiger partial charge in [-0.1, -0.05) is 11.6 Å². The Morgan fingerprint density at radius 1 is 1.14 bits per heavy atom. The molecule has 21 heavy (non-hydrogen) atoms. The Bertz CT molecular complexity index is 781. The van der Waals surface area contributed by atoms with Crippen LogP contribution >= 0.6 is 39.1 Å². The van der Waals surface area contributed by atoms with Crippen LogP contribution in [0.15, 0.2) is 41.1 Å². The number of aromatic nitrogens is 5. The van der Waals surface area contributed by atoms with Gasteiger partial charge in [0.25, 0.3) is 5.95 Å². The zero-order valence-electron chi connectivity index (χ0n) is 10.2. The maximum atomic E-state index is 5.88. The molecule has 2 heterocycles. The van der Waals surface area contributed by atoms with Crippen molar-refractivity contribution in [1.82, 2.24) is 24.7 Å². The minimum Gasteiger partial charge on any atom is -0.423 e. The van der Waals surface area contributed by atoms with Crippen LogP contribution in [0, 0.1) is 0 Å². The Hall–Kier alpha value is -1.70. The van der Waals surface area contributed by atoms with Crippen molar-refractivity contribution in [2.75, 3.05) is 0 Å². The lowest BCUT2D eigenvalue weighted by molar-refractivity contribution is 0.435. The molecule has 0 saturated carbocycles. The summed E-state index contributed by atoms with van der Waals surface area (Å²) in [5, 5.41) is 4.62. The van der Waals surface area contributed by atoms with E-state index >= 15 is 0 Å². The van der Waals surface area contributed by atoms with Crippen molar-refractivity contribution in [2.45, 2.75) is 0 Å². The minimum absolute atomic E-state index is 0.00980. The van der Waals surface area contributed by atoms with E-state index in [0.29, 0.717) is 15.2 Å². The average Bonchev–Trinajstić information content (AvgIpc) is 2.95. The third-order valence-electron chi connectivity index (χ3n) is 2.38. The van der Waals surface area contributed by atoms with Gasteiger partial charge in [0.1, 0.15) is 5.75 Å². The Morgan fingerprint density at radius 3 is 2.71 bits per heavy atom. The molecule has 9 heteroatoms. The second-order valence-electron chi connectivity index (χ2n) is 3.81. The molecule has 0 fully saturated rings. The molecule has 0 atom stereocenters. The molecule has 6 nitrogen and oxygen atoms in total. The van der Waals surface area contributed by atoms with Crippen LogP contribution in [0.5, 0.6) is 11.8 Å². The fraction of sp³-hybridized carbons (Fsp3) is 0. The first-order valence-electron chi connectivity index (χ1n) is 5.66. The van der Waals surface area contributed by atoms with Crippen molar-refractivity contribution < 1.29 is 4.74 Å². The number of hydrogen-bond donors (Lipinski definition) is 0. The van der Waals surface area contributed by atoms with Gasteiger partial charge in [0.2, 0.25) is 5.28 Å². The molecule has 0 saturated heterocycles. The van der Waals surface area contributed by atoms with Gasteiger partial charge in [-0.05, 0) is 51.8 Å². The van der Waals surface area contributed by atoms with E-state index in [9.17, 15) is 0 Å². The Kier molecular flexibility index (Phi) is 4.05. The topological polar surface area (TPSA) is 65.7 Å². The van der Waals surface area contributed by atoms with Crippen LogP contribution in [0.3, 0.4) is 0 Å². The molecule has 0 amide bonds. The highest BCUT2D eigenvalue weighted by atomic mass is 79.9. The summed E-state index contributed by atoms with van der Waals surface area (Å²) in [7, 11) is 0. The highest BCUT2D eigenvalue weighted by molar-refractivity contribution is 9.10. The lowest BCUT2D eigenvalue weighted by atomic mass is 10.3. The zero-order valence-corrected chi connectivity index (χ0v) is 13.3. The van der Waals surface area contributed by atoms with Gasteiger partial charge in [-0.2, -0.15) is 20.1 Å². The molecule has 3 aromatic rings. The van der Waals surface area contributed by atoms with Crippen molar-refractivity contribution in [3.8, 4) is 17.7 Å². The summed E-state index contributed by atoms with van der Waals surface area (Å²) in [6.07, 6.45) is 3.29. The third kappa shape index (κ3) is 3.31. The number of benzene rings is 1. The monoisotopic (exact) mass is 385 g/mol. The highest BCUT2D eigenvalue weighted by Gasteiger charge is 2.11. The van der Waals surface area contributed by atoms with E-state index in [4.69, 9.17) is 27.9 Å². The first-order chi connectivity index (χ1) is 10.1. The SMILES string of the molecule is Clc1ccc(Oc2nc(Cl)nc(-n3cccn3)n2)c(Br)c1. The van der Waals surface area contributed by atoms with Gasteiger partial charge in [0, 0.05) is 17.4 Å². The molecule has 2 aromatic heterocycles. The molecule has 0 aliphatic carbocycles. The van der Waals surface area contributed by atoms with Crippen molar-refractivity contribution in [1.29, 1.82) is 0 Å². The summed E-state index contributed by atoms with van der Waals surface area (Å²) in [6.45, 7) is 0. The van der Waals surface area contributed by atoms with Gasteiger partial charge in [-0.15, -0.1) is 0 Å². The van der Waals surface area contributed by atoms with Gasteiger partial charge in [-0.25, -0.2) is 4.68 Å². The highest BCUT2D eigenvalue weighted by Crippen LogP contribution is 2.30. The molecule has 1 aromatic carbocycles. The zero-order chi connectivity index (χ0) is 14.8. The molecule has 0 aliphatic heterocycles. The Balaban J connectivity index is 1.95. The molecule has 0 bridgehead atoms. The molecular weight excluding hydrogens is 381 g/mol. The van der Waals surface area contributed by atoms with Crippen LogP contribution in [0.2, 0.25) is 10.3 Å². The molecule has 0 aliphatic rings. The van der Waals surface area contributed by atoms with Crippen LogP contribution in [-0.4, -0.2) is 24.7 Å². The predicted molar refractivity (Wildman–Crippen MR) is 81.2 cm³/mol. The number of halogens is 3. The molecular formula is C12H6BrCl2N5O. The molecule has 0 N–H and O–H groups in total. The van der Waals surface area contributed by atoms with E-state index in [1.54, 1.807) is 36.7 Å². The van der Waals surface area contributed by atoms with E-state index < -0.39 is 0 Å². The van der Waals surface area contributed by atoms with Crippen LogP contribution in [0.4, 0.5) is 0 Å². The lowest BCUT2D eigenvalue weighted by Crippen LogP contribution is -2.05. The second kappa shape index (κ2) is 5.97. The number of rotatable bonds is 3. The number of nitrogens with zero attached hydrogens (tertiary/aromatic N) is 5. The smallest absolute Gasteiger partial charge is 0.328 e. The van der Waals surface area contributed by atoms with Gasteiger partial charge in [-0.3, -0.25) is 0 Å². The van der Waals surface area contributed by atoms with Crippen molar-refractivity contribution in [3.63, 3.8) is 0 Å². The minimum atomic E-state index is 0.00980. The maximum absolute atomic E-state index is 5.88. The Morgan fingerprint density at radius 2 is 2.00 bits per heavy atom. The van der Waals surface area contributed by atoms with Crippen LogP contribution in [0.1, 0.15) is 0 Å². The van der Waals surface area contributed by atoms with E-state index in [-0.39, 0.29) is 17.2 Å². The van der Waals surface area contributed by atoms with Crippen molar-refractivity contribution in [3.05, 3.63) is 51.4 Å². The molecule has 0 spiro atoms. The van der Waals surface area contributed by atoms with Gasteiger partial charge >= 0.3 is 6.01 Å². The lowest BCUT2D eigenvalue weighted by Gasteiger charge is -2.07. The van der Waals surface area contributed by atoms with Gasteiger partial charge in [0.05, 0.1) is 4.47 Å². The summed E-state index contributed by atoms with van der Waals surface area (Å²) >= 11 is 15.1. The van der Waals surface area contributed by atoms with Gasteiger partial charge < -0.3 is 4.74 Å². The fourth-order valence-electron chi connectivity index (χ4n) is 1.51. The summed E-state index contributed by atoms with van der Waals surface area (Å²) < 4.78 is 7.72. The summed E-state index contributed by atoms with van der Waals surface area (Å²) in [5.41, 5.74) is 0. The van der Waals surface area contributed by atoms with Crippen molar-refractivity contribution >= 4 is 39.1 Å². The quantitative estimate of drug-likeness (QED) is 0.682. The van der Waals surface area contributed by atoms with Crippen LogP contribution in [0.25, 0.3) is 5.95 Å². The predicted octanol–water partition coefficient (Wildman–Crippen LogP) is 3.92. The van der Waals surface area contributed by atoms with E-state index in [0.717, 1.165) is 0 Å². The number of hydrogen-bond acceptors (Lipinski definition) is 5. The largest absolute Gasteiger partial charge is 0.423 e. The Labute approximate surface area is 137 Å². The normalized spacial score (nSPS) is 10.6. The molecule has 106 valence electrons. The van der Waals surface area contributed by atoms with Crippen LogP contribution < -0.4 is 4.74 Å². The second-order valence-corrected chi connectivity index (χ2v) is 5.44. The van der Waals surface area contributed by atoms with E-state index in [1.165, 1.54) is 4.68 Å². The first kappa shape index (κ1) is 14.2. The molecule has 3 rings (SSSR count). The first-order valence-corrected chi connectivity index (χ1v) is 7.21. The molecule has 0 unspecified atom stereocenters. The van der Waals surface area contributed by atoms with Gasteiger partial charge in [0.15, 0.2) is 0 Å². The maximum Gasteiger partial charge on any atom is 0.328 e. The van der Waals surface area contributed by atoms with E-state index in [2.05, 4.69) is 36.0 Å². The standard InChI is InChI=1S/C12H6BrCl2N5O/c13-8-6-7(14)2-3-9(8)21-12-18-10(15)17-11(19-12)20-5-1-4-16-20/h1-6H. The van der Waals surface area contributed by atoms with E-state index in [1.807, 2.05) is 0 Å².